The van der Waals surface area contributed by atoms with Crippen molar-refractivity contribution in [1.82, 2.24) is 79.7 Å². The molecule has 6 aromatic heterocycles. The van der Waals surface area contributed by atoms with Crippen LogP contribution in [-0.2, 0) is 121 Å². The van der Waals surface area contributed by atoms with Crippen molar-refractivity contribution in [3.8, 4) is 0 Å². The first-order chi connectivity index (χ1) is 65.3. The minimum atomic E-state index is -0.932. The van der Waals surface area contributed by atoms with E-state index in [4.69, 9.17) is 63.0 Å². The zero-order valence-electron chi connectivity index (χ0n) is 75.2. The number of thiazole rings is 2. The third-order valence-corrected chi connectivity index (χ3v) is 22.9. The zero-order valence-corrected chi connectivity index (χ0v) is 82.7. The van der Waals surface area contributed by atoms with E-state index < -0.39 is 84.7 Å². The maximum Gasteiger partial charge on any atom is 0.411 e. The van der Waals surface area contributed by atoms with Gasteiger partial charge in [-0.05, 0) is 48.6 Å². The van der Waals surface area contributed by atoms with E-state index in [-0.39, 0.29) is 171 Å². The number of Topliss-reactive ketones (excluding diaryl/α,β-unsaturated/α-hetero) is 2. The molecule has 7 atom stereocenters. The highest BCUT2D eigenvalue weighted by Gasteiger charge is 2.46. The van der Waals surface area contributed by atoms with Crippen molar-refractivity contribution in [2.45, 2.75) is 135 Å². The van der Waals surface area contributed by atoms with Crippen LogP contribution in [0.3, 0.4) is 0 Å². The quantitative estimate of drug-likeness (QED) is 0.0177. The fourth-order valence-corrected chi connectivity index (χ4v) is 16.4. The molecule has 730 valence electrons. The summed E-state index contributed by atoms with van der Waals surface area (Å²) in [6.07, 6.45) is 2.80. The van der Waals surface area contributed by atoms with Crippen molar-refractivity contribution in [2.75, 3.05) is 86.5 Å². The van der Waals surface area contributed by atoms with Crippen LogP contribution in [0, 0.1) is 0 Å². The zero-order chi connectivity index (χ0) is 96.0. The number of amides is 5. The number of aromatic nitrogens is 10. The Morgan fingerprint density at radius 2 is 0.804 bits per heavy atom. The molecular weight excluding hydrogens is 2040 g/mol. The third kappa shape index (κ3) is 28.9. The second kappa shape index (κ2) is 53.1. The van der Waals surface area contributed by atoms with Crippen LogP contribution in [0.2, 0.25) is 0 Å². The van der Waals surface area contributed by atoms with Gasteiger partial charge in [0.2, 0.25) is 23.8 Å². The highest BCUT2D eigenvalue weighted by molar-refractivity contribution is 8.93. The molecule has 6 aliphatic rings. The number of carbonyl (C=O) groups excluding carboxylic acids is 10. The number of ether oxygens (including phenoxy) is 8. The topological polar surface area (TPSA) is 550 Å². The predicted molar refractivity (Wildman–Crippen MR) is 523 cm³/mol. The lowest BCUT2D eigenvalue weighted by Gasteiger charge is -2.23. The average Bonchev–Trinajstić information content (AvgIpc) is 1.62. The number of esters is 3. The minimum absolute atomic E-state index is 0. The summed E-state index contributed by atoms with van der Waals surface area (Å²) in [5.41, 5.74) is 34.2. The number of ketones is 2. The van der Waals surface area contributed by atoms with Gasteiger partial charge >= 0.3 is 48.4 Å². The standard InChI is InChI=1S/C19H20N6O2S.C17H18N4O4.C16H15ClN4O3.C14H17NO5.C14H15NO5.C11H14N6S.3BrH/c1-2-21-18-24-15(11-28-18)16-13-8-22-17(20)23-14(13)9-25(16)19(26)27-10-12-6-4-3-5-7-12;1-2-24-15(22)14-12-8-19-16(18)20-13(12)9-21(14)17(23)25-10-11-6-4-3-5-7-11;17-6-13(22)14-11-7-19-15(18)20-12(11)8-21(14)16(23)24-9-10-4-2-1-3-5-10;2*1-19-13(17)12-7-11(16)8-15(12)14(18)20-9-10-5-3-2-4-6-10;1-2-13-11-17-8(5-18-11)9-6-3-15-10(12)16-7(6)4-14-9;;;/h3-8,11,16H,2,9-10H2,1H3,(H,21,24)(H2,20,22,23);3-8,14H,2,9-10H2,1H3,(H2,18,19,20);1-5,7,14H,6,8-9H2,(H2,18,19,20);2-6,11-12,16H,7-9H2,1H3;2-6,12H,7-9H2,1H3;3,5,9,14H,2,4H2,1H3,(H,13,17)(H2,12,15,16);3*1H/t16-;2*14-;11-,12-;12-;9-;;;/m111111.../s1. The van der Waals surface area contributed by atoms with Crippen molar-refractivity contribution in [1.29, 1.82) is 0 Å². The molecule has 17 rings (SSSR count). The summed E-state index contributed by atoms with van der Waals surface area (Å²) < 4.78 is 40.7. The van der Waals surface area contributed by atoms with Gasteiger partial charge in [0, 0.05) is 90.3 Å². The van der Waals surface area contributed by atoms with E-state index in [0.717, 1.165) is 84.3 Å². The normalized spacial score (nSPS) is 16.7. The van der Waals surface area contributed by atoms with Crippen molar-refractivity contribution < 1.29 is 90.9 Å². The first-order valence-corrected chi connectivity index (χ1v) is 44.7. The number of nitrogens with zero attached hydrogens (tertiary/aromatic N) is 15. The number of β-amino-alcohol motifs (C(OH)–C–C–N with tert-alkyl or cyclic N) is 1. The number of nitrogens with one attached hydrogen (secondary N) is 3. The number of nitrogens with two attached hydrogens (primary N) is 4. The summed E-state index contributed by atoms with van der Waals surface area (Å²) in [5, 5.41) is 25.1. The lowest BCUT2D eigenvalue weighted by molar-refractivity contribution is -0.149. The fraction of sp³-hybridized carbons (Fsp3) is 0.319. The van der Waals surface area contributed by atoms with Gasteiger partial charge < -0.3 is 76.6 Å². The number of nitrogen functional groups attached to an aromatic ring is 4. The molecule has 5 amide bonds. The number of anilines is 6. The Labute approximate surface area is 837 Å². The minimum Gasteiger partial charge on any atom is -0.467 e. The third-order valence-electron chi connectivity index (χ3n) is 21.0. The molecule has 0 unspecified atom stereocenters. The molecule has 0 saturated carbocycles. The molecule has 0 aliphatic carbocycles. The van der Waals surface area contributed by atoms with Gasteiger partial charge in [-0.1, -0.05) is 152 Å². The van der Waals surface area contributed by atoms with E-state index in [1.165, 1.54) is 52.6 Å². The van der Waals surface area contributed by atoms with Gasteiger partial charge in [0.15, 0.2) is 27.9 Å². The lowest BCUT2D eigenvalue weighted by atomic mass is 10.1. The number of hydrogen-bond donors (Lipinski definition) is 8. The van der Waals surface area contributed by atoms with Gasteiger partial charge in [-0.3, -0.25) is 39.4 Å². The van der Waals surface area contributed by atoms with Crippen LogP contribution in [-0.4, -0.2) is 210 Å². The molecule has 0 spiro atoms. The molecule has 0 radical (unpaired) electrons. The maximum absolute atomic E-state index is 12.9. The number of alkyl halides is 1. The Morgan fingerprint density at radius 3 is 1.23 bits per heavy atom. The number of carbonyl (C=O) groups is 10. The van der Waals surface area contributed by atoms with E-state index in [0.29, 0.717) is 47.2 Å². The Hall–Kier alpha value is -13.8. The summed E-state index contributed by atoms with van der Waals surface area (Å²) in [6.45, 7) is 9.47. The highest BCUT2D eigenvalue weighted by Crippen LogP contribution is 2.41. The van der Waals surface area contributed by atoms with E-state index in [9.17, 15) is 53.1 Å². The second-order valence-corrected chi connectivity index (χ2v) is 32.2. The molecule has 11 aromatic rings. The second-order valence-electron chi connectivity index (χ2n) is 30.2. The number of hydrogen-bond acceptors (Lipinski definition) is 38. The first-order valence-electron chi connectivity index (χ1n) is 42.4. The highest BCUT2D eigenvalue weighted by atomic mass is 79.9. The van der Waals surface area contributed by atoms with Crippen molar-refractivity contribution >= 4 is 179 Å². The molecule has 47 heteroatoms. The Morgan fingerprint density at radius 1 is 0.442 bits per heavy atom. The number of benzene rings is 5. The van der Waals surface area contributed by atoms with Crippen LogP contribution >= 0.6 is 85.2 Å². The van der Waals surface area contributed by atoms with Crippen LogP contribution < -0.4 is 38.9 Å². The van der Waals surface area contributed by atoms with Crippen LogP contribution in [0.5, 0.6) is 0 Å². The van der Waals surface area contributed by atoms with Gasteiger partial charge in [0.25, 0.3) is 0 Å². The molecular formula is C91H102Br3ClN22O19S2. The van der Waals surface area contributed by atoms with Gasteiger partial charge in [-0.25, -0.2) is 88.2 Å². The van der Waals surface area contributed by atoms with E-state index in [2.05, 4.69) is 87.6 Å². The Bertz CT molecular complexity index is 5940. The molecule has 6 aliphatic heterocycles. The summed E-state index contributed by atoms with van der Waals surface area (Å²) >= 11 is 8.79. The van der Waals surface area contributed by atoms with Gasteiger partial charge in [0.05, 0.1) is 106 Å². The van der Waals surface area contributed by atoms with E-state index >= 15 is 0 Å². The fourth-order valence-electron chi connectivity index (χ4n) is 14.7. The lowest BCUT2D eigenvalue weighted by Crippen LogP contribution is -2.41. The number of fused-ring (bicyclic) bond motifs is 4. The molecule has 138 heavy (non-hydrogen) atoms. The Balaban J connectivity index is 0.000000186. The van der Waals surface area contributed by atoms with E-state index in [1.54, 1.807) is 35.6 Å². The van der Waals surface area contributed by atoms with Crippen molar-refractivity contribution in [2.24, 2.45) is 0 Å². The van der Waals surface area contributed by atoms with Gasteiger partial charge in [-0.15, -0.1) is 85.2 Å². The molecule has 12 heterocycles. The maximum atomic E-state index is 12.9. The molecule has 0 bridgehead atoms. The SMILES string of the molecule is Br.Br.Br.CCNc1nc([C@@H]2NCc3nc(N)ncc32)cs1.CCNc1nc([C@H]2c3cnc(N)nc3CN2C(=O)OCc2ccccc2)cs1.CCOC(=O)[C@H]1c2cnc(N)nc2CN1C(=O)OCc1ccccc1.COC(=O)[C@H]1CC(=O)CN1C(=O)OCc1ccccc1.COC(=O)[C@H]1C[C@@H](O)CN1C(=O)OCc1ccccc1.Nc1ncc2c(n1)CN(C(=O)OCc1ccccc1)[C@H]2C(=O)CCl. The largest absolute Gasteiger partial charge is 0.467 e. The number of halogens is 4. The van der Waals surface area contributed by atoms with Crippen molar-refractivity contribution in [3.63, 3.8) is 0 Å². The van der Waals surface area contributed by atoms with Crippen LogP contribution in [0.25, 0.3) is 0 Å². The molecule has 5 aromatic carbocycles. The van der Waals surface area contributed by atoms with E-state index in [1.807, 2.05) is 164 Å². The summed E-state index contributed by atoms with van der Waals surface area (Å²) in [5.74, 6) is -1.75. The van der Waals surface area contributed by atoms with Crippen LogP contribution in [0.4, 0.5) is 58.0 Å². The van der Waals surface area contributed by atoms with Crippen LogP contribution in [0.15, 0.2) is 187 Å². The number of rotatable bonds is 22. The summed E-state index contributed by atoms with van der Waals surface area (Å²) in [4.78, 5) is 169. The number of methoxy groups -OCH3 is 2. The van der Waals surface area contributed by atoms with Gasteiger partial charge in [0.1, 0.15) is 57.2 Å². The smallest absolute Gasteiger partial charge is 0.411 e. The number of aliphatic hydroxyl groups is 1. The summed E-state index contributed by atoms with van der Waals surface area (Å²) in [7, 11) is 2.47. The molecule has 2 saturated heterocycles. The molecule has 12 N–H and O–H groups in total. The van der Waals surface area contributed by atoms with Crippen molar-refractivity contribution in [3.05, 3.63) is 271 Å². The molecule has 2 fully saturated rings. The number of likely N-dealkylation sites (tertiary alicyclic amines) is 2. The van der Waals surface area contributed by atoms with Gasteiger partial charge in [-0.2, -0.15) is 0 Å². The first kappa shape index (κ1) is 108. The van der Waals surface area contributed by atoms with Crippen LogP contribution in [0.1, 0.15) is 142 Å². The summed E-state index contributed by atoms with van der Waals surface area (Å²) in [6, 6.07) is 42.8. The number of aliphatic hydroxyl groups excluding tert-OH is 1. The average molecular weight is 2150 g/mol. The Kier molecular flexibility index (Phi) is 41.5. The predicted octanol–water partition coefficient (Wildman–Crippen LogP) is 12.0. The molecule has 41 nitrogen and oxygen atoms in total. The monoisotopic (exact) mass is 2140 g/mol.